The molecule has 0 aromatic carbocycles. The molecule has 1 unspecified atom stereocenters. The van der Waals surface area contributed by atoms with Crippen molar-refractivity contribution in [3.8, 4) is 0 Å². The molecule has 1 amide bonds. The molecule has 1 heterocycles. The summed E-state index contributed by atoms with van der Waals surface area (Å²) in [6.07, 6.45) is 39.4. The number of hydrogen-bond donors (Lipinski definition) is 0. The summed E-state index contributed by atoms with van der Waals surface area (Å²) >= 11 is 0. The van der Waals surface area contributed by atoms with Crippen molar-refractivity contribution in [3.63, 3.8) is 0 Å². The highest BCUT2D eigenvalue weighted by atomic mass is 16.2. The third-order valence-electron chi connectivity index (χ3n) is 8.39. The summed E-state index contributed by atoms with van der Waals surface area (Å²) in [5.74, 6) is 1.39. The van der Waals surface area contributed by atoms with E-state index in [1.54, 1.807) is 0 Å². The topological polar surface area (TPSA) is 29.4 Å². The summed E-state index contributed by atoms with van der Waals surface area (Å²) in [6, 6.07) is 0. The van der Waals surface area contributed by atoms with Crippen molar-refractivity contribution in [2.24, 2.45) is 4.99 Å². The van der Waals surface area contributed by atoms with Gasteiger partial charge in [0.15, 0.2) is 0 Å². The molecule has 0 N–H and O–H groups in total. The van der Waals surface area contributed by atoms with E-state index in [2.05, 4.69) is 18.8 Å². The number of rotatable bonds is 27. The van der Waals surface area contributed by atoms with Crippen LogP contribution in [-0.2, 0) is 4.79 Å². The molecule has 0 fully saturated rings. The van der Waals surface area contributed by atoms with Gasteiger partial charge >= 0.3 is 5.91 Å². The van der Waals surface area contributed by atoms with E-state index in [-0.39, 0.29) is 0 Å². The van der Waals surface area contributed by atoms with Gasteiger partial charge in [-0.25, -0.2) is 9.79 Å². The van der Waals surface area contributed by atoms with Crippen molar-refractivity contribution in [3.05, 3.63) is 12.4 Å². The average Bonchev–Trinajstić information content (AvgIpc) is 3.28. The average molecular weight is 518 g/mol. The first-order valence-corrected chi connectivity index (χ1v) is 16.8. The molecule has 0 saturated carbocycles. The molecule has 0 aliphatic carbocycles. The Morgan fingerprint density at radius 3 is 1.32 bits per heavy atom. The first kappa shape index (κ1) is 34.1. The number of unbranched alkanes of at least 4 members (excludes halogenated alkanes) is 23. The predicted octanol–water partition coefficient (Wildman–Crippen LogP) is 11.4. The van der Waals surface area contributed by atoms with Crippen LogP contribution in [-0.4, -0.2) is 23.3 Å². The number of amidine groups is 1. The van der Waals surface area contributed by atoms with Crippen molar-refractivity contribution in [2.45, 2.75) is 187 Å². The number of nitrogens with zero attached hydrogens (tertiary/aromatic N) is 2. The van der Waals surface area contributed by atoms with Gasteiger partial charge in [0.25, 0.3) is 0 Å². The highest BCUT2D eigenvalue weighted by molar-refractivity contribution is 5.90. The summed E-state index contributed by atoms with van der Waals surface area (Å²) in [5.41, 5.74) is 0. The van der Waals surface area contributed by atoms with Gasteiger partial charge in [0.05, 0.1) is 19.7 Å². The van der Waals surface area contributed by atoms with E-state index in [1.807, 2.05) is 19.4 Å². The molecular formula is C34H65N2O+. The van der Waals surface area contributed by atoms with Gasteiger partial charge in [0.1, 0.15) is 6.20 Å². The fourth-order valence-corrected chi connectivity index (χ4v) is 5.63. The Morgan fingerprint density at radius 1 is 0.568 bits per heavy atom. The van der Waals surface area contributed by atoms with Crippen LogP contribution < -0.4 is 0 Å². The third kappa shape index (κ3) is 17.3. The van der Waals surface area contributed by atoms with E-state index in [0.29, 0.717) is 16.8 Å². The number of carbonyl (C=O) groups is 1. The summed E-state index contributed by atoms with van der Waals surface area (Å²) in [5, 5.41) is 0. The Morgan fingerprint density at radius 2 is 0.919 bits per heavy atom. The summed E-state index contributed by atoms with van der Waals surface area (Å²) in [4.78, 5) is 17.6. The van der Waals surface area contributed by atoms with Crippen LogP contribution in [0.4, 0.5) is 0 Å². The van der Waals surface area contributed by atoms with Crippen LogP contribution >= 0.6 is 0 Å². The zero-order valence-electron chi connectivity index (χ0n) is 25.5. The monoisotopic (exact) mass is 518 g/mol. The summed E-state index contributed by atoms with van der Waals surface area (Å²) in [6.45, 7) is 4.56. The second kappa shape index (κ2) is 24.1. The standard InChI is InChI=1S/C34H65N2O/c1-4-6-8-10-12-14-15-16-17-18-19-20-22-23-25-27-29-33-35-31-32-36(33,3)34(37)30-28-26-24-21-13-11-9-7-5-2/h31-32H,4-30H2,1-3H3/q+1. The van der Waals surface area contributed by atoms with Gasteiger partial charge in [-0.2, -0.15) is 4.48 Å². The lowest BCUT2D eigenvalue weighted by molar-refractivity contribution is -0.683. The van der Waals surface area contributed by atoms with Gasteiger partial charge in [-0.1, -0.05) is 162 Å². The number of amides is 1. The Balaban J connectivity index is 1.97. The van der Waals surface area contributed by atoms with E-state index in [0.717, 1.165) is 25.1 Å². The van der Waals surface area contributed by atoms with Crippen LogP contribution in [0.5, 0.6) is 0 Å². The molecule has 1 aliphatic rings. The quantitative estimate of drug-likeness (QED) is 0.0786. The fourth-order valence-electron chi connectivity index (χ4n) is 5.63. The predicted molar refractivity (Wildman–Crippen MR) is 164 cm³/mol. The minimum atomic E-state index is 0.326. The van der Waals surface area contributed by atoms with E-state index < -0.39 is 0 Å². The molecule has 0 radical (unpaired) electrons. The zero-order chi connectivity index (χ0) is 26.9. The molecule has 3 heteroatoms. The molecular weight excluding hydrogens is 452 g/mol. The fraction of sp³-hybridized carbons (Fsp3) is 0.882. The number of aliphatic imine (C=N–C) groups is 1. The van der Waals surface area contributed by atoms with Crippen LogP contribution in [0.15, 0.2) is 17.4 Å². The van der Waals surface area contributed by atoms with E-state index in [9.17, 15) is 4.79 Å². The second-order valence-corrected chi connectivity index (χ2v) is 11.9. The highest BCUT2D eigenvalue weighted by Crippen LogP contribution is 2.22. The van der Waals surface area contributed by atoms with Crippen LogP contribution in [0, 0.1) is 0 Å². The van der Waals surface area contributed by atoms with Crippen LogP contribution in [0.2, 0.25) is 0 Å². The normalized spacial score (nSPS) is 17.0. The lowest BCUT2D eigenvalue weighted by Gasteiger charge is -2.25. The molecule has 0 saturated heterocycles. The summed E-state index contributed by atoms with van der Waals surface area (Å²) in [7, 11) is 2.05. The van der Waals surface area contributed by atoms with Crippen molar-refractivity contribution < 1.29 is 9.28 Å². The lowest BCUT2D eigenvalue weighted by Crippen LogP contribution is -2.47. The molecule has 3 nitrogen and oxygen atoms in total. The van der Waals surface area contributed by atoms with Gasteiger partial charge in [0, 0.05) is 6.42 Å². The van der Waals surface area contributed by atoms with E-state index in [1.165, 1.54) is 148 Å². The largest absolute Gasteiger partial charge is 0.324 e. The molecule has 1 atom stereocenters. The highest BCUT2D eigenvalue weighted by Gasteiger charge is 2.37. The first-order valence-electron chi connectivity index (χ1n) is 16.8. The molecule has 37 heavy (non-hydrogen) atoms. The van der Waals surface area contributed by atoms with Crippen molar-refractivity contribution in [2.75, 3.05) is 7.05 Å². The maximum absolute atomic E-state index is 13.0. The van der Waals surface area contributed by atoms with Gasteiger partial charge < -0.3 is 0 Å². The molecule has 0 bridgehead atoms. The van der Waals surface area contributed by atoms with E-state index >= 15 is 0 Å². The number of carbonyl (C=O) groups excluding carboxylic acids is 1. The van der Waals surface area contributed by atoms with Gasteiger partial charge in [-0.15, -0.1) is 0 Å². The Kier molecular flexibility index (Phi) is 22.2. The smallest absolute Gasteiger partial charge is 0.230 e. The Hall–Kier alpha value is -0.960. The van der Waals surface area contributed by atoms with Crippen LogP contribution in [0.3, 0.4) is 0 Å². The minimum absolute atomic E-state index is 0.326. The lowest BCUT2D eigenvalue weighted by atomic mass is 10.0. The maximum Gasteiger partial charge on any atom is 0.324 e. The second-order valence-electron chi connectivity index (χ2n) is 11.9. The molecule has 216 valence electrons. The first-order chi connectivity index (χ1) is 18.1. The third-order valence-corrected chi connectivity index (χ3v) is 8.39. The molecule has 0 aromatic heterocycles. The van der Waals surface area contributed by atoms with Crippen LogP contribution in [0.1, 0.15) is 187 Å². The van der Waals surface area contributed by atoms with Crippen molar-refractivity contribution in [1.29, 1.82) is 0 Å². The van der Waals surface area contributed by atoms with Crippen molar-refractivity contribution >= 4 is 11.7 Å². The number of quaternary nitrogens is 1. The molecule has 1 rings (SSSR count). The zero-order valence-corrected chi connectivity index (χ0v) is 25.5. The van der Waals surface area contributed by atoms with E-state index in [4.69, 9.17) is 0 Å². The van der Waals surface area contributed by atoms with Gasteiger partial charge in [-0.05, 0) is 12.8 Å². The maximum atomic E-state index is 13.0. The Bertz CT molecular complexity index is 597. The SMILES string of the molecule is CCCCCCCCCCCCCCCCCCC1=NC=C[N+]1(C)C(=O)CCCCCCCCCCC. The van der Waals surface area contributed by atoms with Crippen LogP contribution in [0.25, 0.3) is 0 Å². The Labute approximate surface area is 232 Å². The molecule has 0 aromatic rings. The molecule has 0 spiro atoms. The van der Waals surface area contributed by atoms with Gasteiger partial charge in [0.2, 0.25) is 5.84 Å². The summed E-state index contributed by atoms with van der Waals surface area (Å²) < 4.78 is 0.329. The number of hydrogen-bond acceptors (Lipinski definition) is 2. The van der Waals surface area contributed by atoms with Gasteiger partial charge in [-0.3, -0.25) is 0 Å². The molecule has 1 aliphatic heterocycles. The minimum Gasteiger partial charge on any atom is -0.230 e. The van der Waals surface area contributed by atoms with Crippen molar-refractivity contribution in [1.82, 2.24) is 0 Å².